The minimum absolute atomic E-state index is 0.0157. The van der Waals surface area contributed by atoms with Crippen LogP contribution in [0.15, 0.2) is 41.2 Å². The van der Waals surface area contributed by atoms with Crippen LogP contribution < -0.4 is 10.2 Å². The van der Waals surface area contributed by atoms with Gasteiger partial charge in [0.25, 0.3) is 0 Å². The molecular weight excluding hydrogens is 333 g/mol. The highest BCUT2D eigenvalue weighted by Crippen LogP contribution is 2.22. The van der Waals surface area contributed by atoms with Crippen molar-refractivity contribution in [2.45, 2.75) is 19.3 Å². The van der Waals surface area contributed by atoms with E-state index in [0.717, 1.165) is 30.3 Å². The Labute approximate surface area is 144 Å². The average molecular weight is 350 g/mol. The molecule has 0 saturated carbocycles. The highest BCUT2D eigenvalue weighted by atomic mass is 35.5. The predicted molar refractivity (Wildman–Crippen MR) is 97.2 cm³/mol. The van der Waals surface area contributed by atoms with Gasteiger partial charge in [0.05, 0.1) is 17.6 Å². The molecule has 0 aliphatic carbocycles. The van der Waals surface area contributed by atoms with E-state index in [-0.39, 0.29) is 5.43 Å². The summed E-state index contributed by atoms with van der Waals surface area (Å²) in [6.07, 6.45) is 3.00. The lowest BCUT2D eigenvalue weighted by Crippen LogP contribution is -2.05. The first kappa shape index (κ1) is 16.2. The lowest BCUT2D eigenvalue weighted by atomic mass is 10.1. The summed E-state index contributed by atoms with van der Waals surface area (Å²) in [5.74, 6) is 1.39. The van der Waals surface area contributed by atoms with Crippen molar-refractivity contribution in [1.29, 1.82) is 0 Å². The third-order valence-corrected chi connectivity index (χ3v) is 4.28. The number of fused-ring (bicyclic) bond motifs is 2. The van der Waals surface area contributed by atoms with Crippen molar-refractivity contribution in [3.63, 3.8) is 0 Å². The van der Waals surface area contributed by atoms with E-state index in [1.54, 1.807) is 24.3 Å². The third kappa shape index (κ3) is 3.62. The standard InChI is InChI=1S/C18H17Cl2NO2/c19-8-2-1-3-9-23-13-5-7-16-15(11-13)18(22)14-6-4-12(20)10-17(14)21-16/h4-7,10-11H,1-3,8-9H2,(H,21,22). The van der Waals surface area contributed by atoms with E-state index in [4.69, 9.17) is 27.9 Å². The zero-order valence-electron chi connectivity index (χ0n) is 12.6. The zero-order chi connectivity index (χ0) is 16.2. The van der Waals surface area contributed by atoms with Crippen molar-refractivity contribution >= 4 is 45.0 Å². The van der Waals surface area contributed by atoms with Gasteiger partial charge >= 0.3 is 0 Å². The van der Waals surface area contributed by atoms with Crippen molar-refractivity contribution in [1.82, 2.24) is 4.98 Å². The third-order valence-electron chi connectivity index (χ3n) is 3.78. The molecule has 0 fully saturated rings. The second-order valence-electron chi connectivity index (χ2n) is 5.45. The number of rotatable bonds is 6. The van der Waals surface area contributed by atoms with Gasteiger partial charge in [-0.3, -0.25) is 4.79 Å². The van der Waals surface area contributed by atoms with Crippen molar-refractivity contribution in [3.05, 3.63) is 51.6 Å². The highest BCUT2D eigenvalue weighted by molar-refractivity contribution is 6.31. The summed E-state index contributed by atoms with van der Waals surface area (Å²) in [6.45, 7) is 0.628. The minimum atomic E-state index is -0.0157. The number of pyridine rings is 1. The molecule has 0 bridgehead atoms. The molecule has 1 N–H and O–H groups in total. The Morgan fingerprint density at radius 1 is 0.957 bits per heavy atom. The summed E-state index contributed by atoms with van der Waals surface area (Å²) < 4.78 is 5.73. The Morgan fingerprint density at radius 2 is 1.83 bits per heavy atom. The maximum Gasteiger partial charge on any atom is 0.197 e. The quantitative estimate of drug-likeness (QED) is 0.381. The van der Waals surface area contributed by atoms with Gasteiger partial charge in [-0.1, -0.05) is 11.6 Å². The van der Waals surface area contributed by atoms with Gasteiger partial charge in [-0.25, -0.2) is 0 Å². The van der Waals surface area contributed by atoms with E-state index in [1.807, 2.05) is 12.1 Å². The summed E-state index contributed by atoms with van der Waals surface area (Å²) in [5, 5.41) is 1.85. The fraction of sp³-hybridized carbons (Fsp3) is 0.278. The Kier molecular flexibility index (Phi) is 5.09. The van der Waals surface area contributed by atoms with Crippen molar-refractivity contribution < 1.29 is 4.74 Å². The molecule has 0 amide bonds. The number of halogens is 2. The molecule has 3 rings (SSSR count). The van der Waals surface area contributed by atoms with Crippen LogP contribution >= 0.6 is 23.2 Å². The maximum atomic E-state index is 12.6. The monoisotopic (exact) mass is 349 g/mol. The number of aromatic nitrogens is 1. The molecule has 0 unspecified atom stereocenters. The molecule has 3 aromatic rings. The Balaban J connectivity index is 1.90. The van der Waals surface area contributed by atoms with Gasteiger partial charge in [-0.15, -0.1) is 11.6 Å². The number of hydrogen-bond donors (Lipinski definition) is 1. The van der Waals surface area contributed by atoms with Gasteiger partial charge in [-0.2, -0.15) is 0 Å². The first-order valence-electron chi connectivity index (χ1n) is 7.63. The van der Waals surface area contributed by atoms with Gasteiger partial charge in [0.1, 0.15) is 5.75 Å². The van der Waals surface area contributed by atoms with E-state index in [0.29, 0.717) is 34.0 Å². The second kappa shape index (κ2) is 7.24. The number of benzene rings is 2. The number of ether oxygens (including phenoxy) is 1. The maximum absolute atomic E-state index is 12.6. The molecule has 2 aromatic carbocycles. The molecule has 0 aliphatic heterocycles. The van der Waals surface area contributed by atoms with Crippen LogP contribution in [0.25, 0.3) is 21.8 Å². The van der Waals surface area contributed by atoms with Gasteiger partial charge in [0.2, 0.25) is 0 Å². The van der Waals surface area contributed by atoms with Crippen molar-refractivity contribution in [2.24, 2.45) is 0 Å². The van der Waals surface area contributed by atoms with Gasteiger partial charge in [0.15, 0.2) is 5.43 Å². The molecule has 0 radical (unpaired) electrons. The molecule has 23 heavy (non-hydrogen) atoms. The number of aromatic amines is 1. The van der Waals surface area contributed by atoms with Crippen LogP contribution in [-0.2, 0) is 0 Å². The van der Waals surface area contributed by atoms with E-state index in [9.17, 15) is 4.79 Å². The average Bonchev–Trinajstić information content (AvgIpc) is 2.55. The first-order valence-corrected chi connectivity index (χ1v) is 8.54. The number of hydrogen-bond acceptors (Lipinski definition) is 2. The molecule has 3 nitrogen and oxygen atoms in total. The van der Waals surface area contributed by atoms with E-state index < -0.39 is 0 Å². The van der Waals surface area contributed by atoms with Gasteiger partial charge in [0, 0.05) is 21.7 Å². The van der Waals surface area contributed by atoms with Crippen LogP contribution in [0.4, 0.5) is 0 Å². The van der Waals surface area contributed by atoms with Crippen LogP contribution in [0.2, 0.25) is 5.02 Å². The van der Waals surface area contributed by atoms with E-state index >= 15 is 0 Å². The Bertz CT molecular complexity index is 889. The largest absolute Gasteiger partial charge is 0.494 e. The van der Waals surface area contributed by atoms with Crippen molar-refractivity contribution in [3.8, 4) is 5.75 Å². The fourth-order valence-electron chi connectivity index (χ4n) is 2.58. The lowest BCUT2D eigenvalue weighted by molar-refractivity contribution is 0.307. The molecule has 120 valence electrons. The number of unbranched alkanes of at least 4 members (excludes halogenated alkanes) is 2. The summed E-state index contributed by atoms with van der Waals surface area (Å²) in [4.78, 5) is 15.9. The first-order chi connectivity index (χ1) is 11.2. The van der Waals surface area contributed by atoms with E-state index in [2.05, 4.69) is 4.98 Å². The van der Waals surface area contributed by atoms with Crippen LogP contribution in [0, 0.1) is 0 Å². The summed E-state index contributed by atoms with van der Waals surface area (Å²) >= 11 is 11.6. The fourth-order valence-corrected chi connectivity index (χ4v) is 2.94. The molecule has 0 atom stereocenters. The minimum Gasteiger partial charge on any atom is -0.494 e. The molecule has 0 aliphatic rings. The molecule has 1 heterocycles. The molecule has 1 aromatic heterocycles. The normalized spacial score (nSPS) is 11.2. The molecule has 5 heteroatoms. The number of alkyl halides is 1. The Morgan fingerprint density at radius 3 is 2.65 bits per heavy atom. The zero-order valence-corrected chi connectivity index (χ0v) is 14.1. The summed E-state index contributed by atoms with van der Waals surface area (Å²) in [6, 6.07) is 10.8. The summed E-state index contributed by atoms with van der Waals surface area (Å²) in [7, 11) is 0. The second-order valence-corrected chi connectivity index (χ2v) is 6.26. The summed E-state index contributed by atoms with van der Waals surface area (Å²) in [5.41, 5.74) is 1.50. The smallest absolute Gasteiger partial charge is 0.197 e. The molecular formula is C18H17Cl2NO2. The van der Waals surface area contributed by atoms with Crippen LogP contribution in [-0.4, -0.2) is 17.5 Å². The number of H-pyrrole nitrogens is 1. The molecule has 0 spiro atoms. The Hall–Kier alpha value is -1.71. The number of nitrogens with one attached hydrogen (secondary N) is 1. The van der Waals surface area contributed by atoms with Crippen molar-refractivity contribution in [2.75, 3.05) is 12.5 Å². The molecule has 0 saturated heterocycles. The van der Waals surface area contributed by atoms with Gasteiger partial charge < -0.3 is 9.72 Å². The van der Waals surface area contributed by atoms with Gasteiger partial charge in [-0.05, 0) is 55.7 Å². The van der Waals surface area contributed by atoms with Crippen LogP contribution in [0.3, 0.4) is 0 Å². The predicted octanol–water partition coefficient (Wildman–Crippen LogP) is 5.12. The van der Waals surface area contributed by atoms with E-state index in [1.165, 1.54) is 0 Å². The SMILES string of the molecule is O=c1c2ccc(Cl)cc2[nH]c2ccc(OCCCCCCl)cc12. The van der Waals surface area contributed by atoms with Crippen LogP contribution in [0.5, 0.6) is 5.75 Å². The highest BCUT2D eigenvalue weighted by Gasteiger charge is 2.07. The van der Waals surface area contributed by atoms with Crippen LogP contribution in [0.1, 0.15) is 19.3 Å². The topological polar surface area (TPSA) is 42.1 Å². The lowest BCUT2D eigenvalue weighted by Gasteiger charge is -2.08.